The second-order valence-corrected chi connectivity index (χ2v) is 3.20. The van der Waals surface area contributed by atoms with Gasteiger partial charge in [0.1, 0.15) is 0 Å². The van der Waals surface area contributed by atoms with E-state index in [4.69, 9.17) is 20.3 Å². The van der Waals surface area contributed by atoms with Crippen LogP contribution in [0.3, 0.4) is 0 Å². The Morgan fingerprint density at radius 3 is 2.46 bits per heavy atom. The van der Waals surface area contributed by atoms with Crippen LogP contribution in [-0.4, -0.2) is 43.7 Å². The van der Waals surface area contributed by atoms with Gasteiger partial charge < -0.3 is 20.3 Å². The zero-order valence-corrected chi connectivity index (χ0v) is 8.69. The Morgan fingerprint density at radius 2 is 2.08 bits per heavy atom. The van der Waals surface area contributed by atoms with Gasteiger partial charge in [-0.2, -0.15) is 0 Å². The van der Waals surface area contributed by atoms with Crippen molar-refractivity contribution >= 4 is 0 Å². The van der Waals surface area contributed by atoms with E-state index in [0.29, 0.717) is 6.61 Å². The van der Waals surface area contributed by atoms with Crippen LogP contribution in [0.1, 0.15) is 20.3 Å². The third kappa shape index (κ3) is 5.21. The average Bonchev–Trinajstić information content (AvgIpc) is 2.13. The van der Waals surface area contributed by atoms with Gasteiger partial charge in [0, 0.05) is 13.2 Å². The highest BCUT2D eigenvalue weighted by Crippen LogP contribution is 2.04. The third-order valence-electron chi connectivity index (χ3n) is 1.94. The van der Waals surface area contributed by atoms with Gasteiger partial charge in [-0.05, 0) is 13.3 Å². The molecule has 4 heteroatoms. The molecule has 0 aromatic rings. The molecule has 3 N–H and O–H groups in total. The van der Waals surface area contributed by atoms with E-state index in [1.165, 1.54) is 0 Å². The van der Waals surface area contributed by atoms with Crippen molar-refractivity contribution < 1.29 is 14.6 Å². The minimum atomic E-state index is -0.282. The highest BCUT2D eigenvalue weighted by atomic mass is 16.5. The van der Waals surface area contributed by atoms with Crippen molar-refractivity contribution in [2.24, 2.45) is 5.73 Å². The summed E-state index contributed by atoms with van der Waals surface area (Å²) in [5, 5.41) is 9.00. The molecule has 0 saturated carbocycles. The molecule has 4 nitrogen and oxygen atoms in total. The standard InChI is InChI=1S/C9H21NO3/c1-4-8(10)9(5-11)13-7(2)6-12-3/h7-9,11H,4-6,10H2,1-3H3. The van der Waals surface area contributed by atoms with Crippen LogP contribution >= 0.6 is 0 Å². The lowest BCUT2D eigenvalue weighted by molar-refractivity contribution is -0.0686. The molecule has 3 atom stereocenters. The summed E-state index contributed by atoms with van der Waals surface area (Å²) < 4.78 is 10.4. The quantitative estimate of drug-likeness (QED) is 0.600. The predicted octanol–water partition coefficient (Wildman–Crippen LogP) is 0.136. The Balaban J connectivity index is 3.82. The summed E-state index contributed by atoms with van der Waals surface area (Å²) in [6, 6.07) is -0.107. The van der Waals surface area contributed by atoms with E-state index in [1.807, 2.05) is 13.8 Å². The van der Waals surface area contributed by atoms with Crippen molar-refractivity contribution in [3.63, 3.8) is 0 Å². The lowest BCUT2D eigenvalue weighted by Gasteiger charge is -2.24. The predicted molar refractivity (Wildman–Crippen MR) is 51.6 cm³/mol. The SMILES string of the molecule is CCC(N)C(CO)OC(C)COC. The van der Waals surface area contributed by atoms with Gasteiger partial charge in [-0.15, -0.1) is 0 Å². The molecular formula is C9H21NO3. The lowest BCUT2D eigenvalue weighted by Crippen LogP contribution is -2.41. The molecule has 0 aliphatic rings. The number of rotatable bonds is 7. The first-order valence-corrected chi connectivity index (χ1v) is 4.66. The Labute approximate surface area is 80.0 Å². The van der Waals surface area contributed by atoms with E-state index in [-0.39, 0.29) is 24.9 Å². The third-order valence-corrected chi connectivity index (χ3v) is 1.94. The van der Waals surface area contributed by atoms with Crippen molar-refractivity contribution in [2.45, 2.75) is 38.5 Å². The maximum Gasteiger partial charge on any atom is 0.0960 e. The van der Waals surface area contributed by atoms with Crippen LogP contribution in [0, 0.1) is 0 Å². The van der Waals surface area contributed by atoms with Gasteiger partial charge in [-0.25, -0.2) is 0 Å². The Morgan fingerprint density at radius 1 is 1.46 bits per heavy atom. The number of hydrogen-bond acceptors (Lipinski definition) is 4. The summed E-state index contributed by atoms with van der Waals surface area (Å²) in [7, 11) is 1.62. The molecule has 80 valence electrons. The van der Waals surface area contributed by atoms with Crippen molar-refractivity contribution in [2.75, 3.05) is 20.3 Å². The summed E-state index contributed by atoms with van der Waals surface area (Å²) >= 11 is 0. The van der Waals surface area contributed by atoms with Gasteiger partial charge >= 0.3 is 0 Å². The second-order valence-electron chi connectivity index (χ2n) is 3.20. The van der Waals surface area contributed by atoms with Crippen molar-refractivity contribution in [3.8, 4) is 0 Å². The number of aliphatic hydroxyl groups is 1. The van der Waals surface area contributed by atoms with Crippen LogP contribution in [-0.2, 0) is 9.47 Å². The maximum atomic E-state index is 9.00. The molecule has 13 heavy (non-hydrogen) atoms. The van der Waals surface area contributed by atoms with Crippen LogP contribution < -0.4 is 5.73 Å². The van der Waals surface area contributed by atoms with Crippen molar-refractivity contribution in [1.29, 1.82) is 0 Å². The first-order chi connectivity index (χ1) is 6.15. The number of nitrogens with two attached hydrogens (primary N) is 1. The normalized spacial score (nSPS) is 18.2. The van der Waals surface area contributed by atoms with Gasteiger partial charge in [0.2, 0.25) is 0 Å². The number of aliphatic hydroxyl groups excluding tert-OH is 1. The van der Waals surface area contributed by atoms with Gasteiger partial charge in [-0.3, -0.25) is 0 Å². The fourth-order valence-corrected chi connectivity index (χ4v) is 1.11. The molecule has 0 aromatic heterocycles. The molecule has 0 bridgehead atoms. The first-order valence-electron chi connectivity index (χ1n) is 4.66. The molecule has 0 amide bonds. The van der Waals surface area contributed by atoms with E-state index in [0.717, 1.165) is 6.42 Å². The molecule has 0 aromatic carbocycles. The van der Waals surface area contributed by atoms with Crippen molar-refractivity contribution in [1.82, 2.24) is 0 Å². The van der Waals surface area contributed by atoms with E-state index >= 15 is 0 Å². The first kappa shape index (κ1) is 12.8. The zero-order valence-electron chi connectivity index (χ0n) is 8.69. The largest absolute Gasteiger partial charge is 0.394 e. The number of methoxy groups -OCH3 is 1. The molecule has 0 spiro atoms. The monoisotopic (exact) mass is 191 g/mol. The Bertz CT molecular complexity index is 121. The van der Waals surface area contributed by atoms with Crippen LogP contribution in [0.5, 0.6) is 0 Å². The molecule has 0 fully saturated rings. The zero-order chi connectivity index (χ0) is 10.3. The molecule has 0 radical (unpaired) electrons. The number of hydrogen-bond donors (Lipinski definition) is 2. The van der Waals surface area contributed by atoms with Gasteiger partial charge in [-0.1, -0.05) is 6.92 Å². The van der Waals surface area contributed by atoms with Crippen LogP contribution in [0.15, 0.2) is 0 Å². The van der Waals surface area contributed by atoms with Gasteiger partial charge in [0.05, 0.1) is 25.4 Å². The van der Waals surface area contributed by atoms with E-state index in [2.05, 4.69) is 0 Å². The van der Waals surface area contributed by atoms with E-state index in [1.54, 1.807) is 7.11 Å². The lowest BCUT2D eigenvalue weighted by atomic mass is 10.1. The van der Waals surface area contributed by atoms with Crippen LogP contribution in [0.2, 0.25) is 0 Å². The van der Waals surface area contributed by atoms with Crippen LogP contribution in [0.4, 0.5) is 0 Å². The minimum absolute atomic E-state index is 0.0280. The van der Waals surface area contributed by atoms with Crippen molar-refractivity contribution in [3.05, 3.63) is 0 Å². The Kier molecular flexibility index (Phi) is 7.17. The molecule has 0 saturated heterocycles. The fraction of sp³-hybridized carbons (Fsp3) is 1.00. The number of ether oxygens (including phenoxy) is 2. The molecule has 0 rings (SSSR count). The molecular weight excluding hydrogens is 170 g/mol. The summed E-state index contributed by atoms with van der Waals surface area (Å²) in [5.41, 5.74) is 5.75. The summed E-state index contributed by atoms with van der Waals surface area (Å²) in [6.07, 6.45) is 0.486. The fourth-order valence-electron chi connectivity index (χ4n) is 1.11. The molecule has 0 aliphatic carbocycles. The van der Waals surface area contributed by atoms with E-state index in [9.17, 15) is 0 Å². The maximum absolute atomic E-state index is 9.00. The second kappa shape index (κ2) is 7.26. The summed E-state index contributed by atoms with van der Waals surface area (Å²) in [4.78, 5) is 0. The average molecular weight is 191 g/mol. The summed E-state index contributed by atoms with van der Waals surface area (Å²) in [5.74, 6) is 0. The molecule has 3 unspecified atom stereocenters. The van der Waals surface area contributed by atoms with Gasteiger partial charge in [0.15, 0.2) is 0 Å². The summed E-state index contributed by atoms with van der Waals surface area (Å²) in [6.45, 7) is 4.35. The van der Waals surface area contributed by atoms with E-state index < -0.39 is 0 Å². The topological polar surface area (TPSA) is 64.7 Å². The molecule has 0 heterocycles. The highest BCUT2D eigenvalue weighted by Gasteiger charge is 2.18. The smallest absolute Gasteiger partial charge is 0.0960 e. The molecule has 0 aliphatic heterocycles. The van der Waals surface area contributed by atoms with Gasteiger partial charge in [0.25, 0.3) is 0 Å². The van der Waals surface area contributed by atoms with Crippen LogP contribution in [0.25, 0.3) is 0 Å². The Hall–Kier alpha value is -0.160. The highest BCUT2D eigenvalue weighted by molar-refractivity contribution is 4.72. The minimum Gasteiger partial charge on any atom is -0.394 e.